The van der Waals surface area contributed by atoms with Gasteiger partial charge in [-0.2, -0.15) is 0 Å². The number of nitrogen functional groups attached to an aromatic ring is 1. The lowest BCUT2D eigenvalue weighted by molar-refractivity contribution is 0.426. The maximum Gasteiger partial charge on any atom is 0.151 e. The van der Waals surface area contributed by atoms with Gasteiger partial charge >= 0.3 is 0 Å². The summed E-state index contributed by atoms with van der Waals surface area (Å²) < 4.78 is 0. The fourth-order valence-electron chi connectivity index (χ4n) is 2.52. The van der Waals surface area contributed by atoms with Crippen LogP contribution in [-0.2, 0) is 0 Å². The second-order valence-corrected chi connectivity index (χ2v) is 4.83. The third-order valence-corrected chi connectivity index (χ3v) is 3.49. The van der Waals surface area contributed by atoms with Gasteiger partial charge in [0.15, 0.2) is 5.82 Å². The smallest absolute Gasteiger partial charge is 0.151 e. The van der Waals surface area contributed by atoms with E-state index in [-0.39, 0.29) is 0 Å². The lowest BCUT2D eigenvalue weighted by Gasteiger charge is -2.32. The third-order valence-electron chi connectivity index (χ3n) is 3.49. The van der Waals surface area contributed by atoms with Crippen molar-refractivity contribution in [2.75, 3.05) is 17.7 Å². The minimum atomic E-state index is 0.617. The second kappa shape index (κ2) is 4.73. The molecule has 1 saturated carbocycles. The van der Waals surface area contributed by atoms with E-state index < -0.39 is 0 Å². The van der Waals surface area contributed by atoms with Crippen molar-refractivity contribution in [3.63, 3.8) is 0 Å². The number of nitrogens with two attached hydrogens (primary N) is 1. The standard InChI is InChI=1S/C13H21N3/c1-10-8-12(14)13(15-9-10)16(2)11-6-4-3-5-7-11/h8-9,11H,3-7,14H2,1-2H3. The molecular weight excluding hydrogens is 198 g/mol. The Morgan fingerprint density at radius 3 is 2.62 bits per heavy atom. The molecule has 0 saturated heterocycles. The maximum atomic E-state index is 6.02. The van der Waals surface area contributed by atoms with Crippen molar-refractivity contribution >= 4 is 11.5 Å². The largest absolute Gasteiger partial charge is 0.396 e. The van der Waals surface area contributed by atoms with Gasteiger partial charge in [-0.15, -0.1) is 0 Å². The summed E-state index contributed by atoms with van der Waals surface area (Å²) in [7, 11) is 2.12. The summed E-state index contributed by atoms with van der Waals surface area (Å²) in [6, 6.07) is 2.62. The monoisotopic (exact) mass is 219 g/mol. The molecule has 0 spiro atoms. The van der Waals surface area contributed by atoms with Crippen LogP contribution in [-0.4, -0.2) is 18.1 Å². The van der Waals surface area contributed by atoms with Crippen LogP contribution in [0, 0.1) is 6.92 Å². The summed E-state index contributed by atoms with van der Waals surface area (Å²) in [6.07, 6.45) is 8.48. The molecule has 88 valence electrons. The minimum Gasteiger partial charge on any atom is -0.396 e. The van der Waals surface area contributed by atoms with E-state index in [0.29, 0.717) is 6.04 Å². The van der Waals surface area contributed by atoms with E-state index in [1.165, 1.54) is 32.1 Å². The van der Waals surface area contributed by atoms with Gasteiger partial charge in [0.2, 0.25) is 0 Å². The van der Waals surface area contributed by atoms with E-state index in [4.69, 9.17) is 5.73 Å². The van der Waals surface area contributed by atoms with Crippen molar-refractivity contribution in [3.05, 3.63) is 17.8 Å². The molecule has 1 aliphatic rings. The molecule has 1 aromatic heterocycles. The molecule has 3 nitrogen and oxygen atoms in total. The zero-order chi connectivity index (χ0) is 11.5. The molecule has 0 aromatic carbocycles. The molecule has 2 N–H and O–H groups in total. The SMILES string of the molecule is Cc1cnc(N(C)C2CCCCC2)c(N)c1. The average Bonchev–Trinajstić information content (AvgIpc) is 2.29. The Balaban J connectivity index is 2.15. The zero-order valence-electron chi connectivity index (χ0n) is 10.2. The zero-order valence-corrected chi connectivity index (χ0v) is 10.2. The van der Waals surface area contributed by atoms with Crippen LogP contribution in [0.5, 0.6) is 0 Å². The van der Waals surface area contributed by atoms with Gasteiger partial charge in [0.05, 0.1) is 5.69 Å². The van der Waals surface area contributed by atoms with Crippen LogP contribution in [0.25, 0.3) is 0 Å². The average molecular weight is 219 g/mol. The van der Waals surface area contributed by atoms with Gasteiger partial charge in [-0.3, -0.25) is 0 Å². The summed E-state index contributed by atoms with van der Waals surface area (Å²) in [5, 5.41) is 0. The Hall–Kier alpha value is -1.25. The molecule has 2 rings (SSSR count). The van der Waals surface area contributed by atoms with Gasteiger partial charge < -0.3 is 10.6 Å². The second-order valence-electron chi connectivity index (χ2n) is 4.83. The number of pyridine rings is 1. The topological polar surface area (TPSA) is 42.2 Å². The number of aromatic nitrogens is 1. The molecule has 0 unspecified atom stereocenters. The minimum absolute atomic E-state index is 0.617. The Labute approximate surface area is 97.7 Å². The van der Waals surface area contributed by atoms with Crippen LogP contribution < -0.4 is 10.6 Å². The molecule has 1 fully saturated rings. The van der Waals surface area contributed by atoms with Gasteiger partial charge in [0.25, 0.3) is 0 Å². The molecule has 1 aliphatic carbocycles. The Kier molecular flexibility index (Phi) is 3.32. The van der Waals surface area contributed by atoms with Gasteiger partial charge in [-0.25, -0.2) is 4.98 Å². The first-order valence-corrected chi connectivity index (χ1v) is 6.13. The first kappa shape index (κ1) is 11.2. The van der Waals surface area contributed by atoms with Crippen molar-refractivity contribution in [1.29, 1.82) is 0 Å². The maximum absolute atomic E-state index is 6.02. The molecule has 0 radical (unpaired) electrons. The molecule has 1 heterocycles. The molecule has 3 heteroatoms. The van der Waals surface area contributed by atoms with Gasteiger partial charge in [0, 0.05) is 19.3 Å². The van der Waals surface area contributed by atoms with Gasteiger partial charge in [-0.1, -0.05) is 19.3 Å². The van der Waals surface area contributed by atoms with Crippen molar-refractivity contribution in [2.24, 2.45) is 0 Å². The van der Waals surface area contributed by atoms with Crippen LogP contribution in [0.1, 0.15) is 37.7 Å². The highest BCUT2D eigenvalue weighted by molar-refractivity contribution is 5.63. The normalized spacial score (nSPS) is 17.4. The first-order valence-electron chi connectivity index (χ1n) is 6.13. The lowest BCUT2D eigenvalue weighted by atomic mass is 9.94. The number of aryl methyl sites for hydroxylation is 1. The van der Waals surface area contributed by atoms with Gasteiger partial charge in [-0.05, 0) is 31.4 Å². The van der Waals surface area contributed by atoms with E-state index in [9.17, 15) is 0 Å². The summed E-state index contributed by atoms with van der Waals surface area (Å²) in [5.41, 5.74) is 7.95. The highest BCUT2D eigenvalue weighted by Crippen LogP contribution is 2.28. The highest BCUT2D eigenvalue weighted by atomic mass is 15.2. The quantitative estimate of drug-likeness (QED) is 0.831. The molecule has 0 atom stereocenters. The van der Waals surface area contributed by atoms with Crippen LogP contribution in [0.2, 0.25) is 0 Å². The van der Waals surface area contributed by atoms with Crippen molar-refractivity contribution < 1.29 is 0 Å². The molecule has 0 bridgehead atoms. The molecule has 1 aromatic rings. The van der Waals surface area contributed by atoms with Crippen molar-refractivity contribution in [3.8, 4) is 0 Å². The number of anilines is 2. The fourth-order valence-corrected chi connectivity index (χ4v) is 2.52. The van der Waals surface area contributed by atoms with Crippen molar-refractivity contribution in [2.45, 2.75) is 45.1 Å². The van der Waals surface area contributed by atoms with E-state index in [2.05, 4.69) is 16.9 Å². The molecule has 16 heavy (non-hydrogen) atoms. The van der Waals surface area contributed by atoms with Crippen LogP contribution >= 0.6 is 0 Å². The first-order chi connectivity index (χ1) is 7.68. The number of nitrogens with zero attached hydrogens (tertiary/aromatic N) is 2. The Morgan fingerprint density at radius 1 is 1.31 bits per heavy atom. The molecule has 0 aliphatic heterocycles. The van der Waals surface area contributed by atoms with Crippen LogP contribution in [0.15, 0.2) is 12.3 Å². The van der Waals surface area contributed by atoms with Crippen molar-refractivity contribution in [1.82, 2.24) is 4.98 Å². The fraction of sp³-hybridized carbons (Fsp3) is 0.615. The number of hydrogen-bond donors (Lipinski definition) is 1. The highest BCUT2D eigenvalue weighted by Gasteiger charge is 2.20. The van der Waals surface area contributed by atoms with Crippen LogP contribution in [0.4, 0.5) is 11.5 Å². The summed E-state index contributed by atoms with van der Waals surface area (Å²) in [6.45, 7) is 2.02. The van der Waals surface area contributed by atoms with Crippen LogP contribution in [0.3, 0.4) is 0 Å². The Morgan fingerprint density at radius 2 is 2.00 bits per heavy atom. The summed E-state index contributed by atoms with van der Waals surface area (Å²) in [4.78, 5) is 6.71. The third kappa shape index (κ3) is 2.29. The summed E-state index contributed by atoms with van der Waals surface area (Å²) >= 11 is 0. The lowest BCUT2D eigenvalue weighted by Crippen LogP contribution is -2.34. The molecule has 0 amide bonds. The predicted molar refractivity (Wildman–Crippen MR) is 68.7 cm³/mol. The van der Waals surface area contributed by atoms with E-state index in [1.54, 1.807) is 0 Å². The number of rotatable bonds is 2. The van der Waals surface area contributed by atoms with E-state index in [1.807, 2.05) is 19.2 Å². The number of hydrogen-bond acceptors (Lipinski definition) is 3. The van der Waals surface area contributed by atoms with E-state index in [0.717, 1.165) is 17.1 Å². The molecular formula is C13H21N3. The predicted octanol–water partition coefficient (Wildman–Crippen LogP) is 2.74. The van der Waals surface area contributed by atoms with Gasteiger partial charge in [0.1, 0.15) is 0 Å². The Bertz CT molecular complexity index is 356. The summed E-state index contributed by atoms with van der Waals surface area (Å²) in [5.74, 6) is 0.942. The van der Waals surface area contributed by atoms with E-state index >= 15 is 0 Å².